The fourth-order valence-electron chi connectivity index (χ4n) is 1.70. The molecule has 2 rings (SSSR count). The molecule has 0 fully saturated rings. The number of halogens is 1. The normalized spacial score (nSPS) is 12.1. The number of benzene rings is 1. The van der Waals surface area contributed by atoms with Gasteiger partial charge in [-0.3, -0.25) is 0 Å². The molecule has 19 heavy (non-hydrogen) atoms. The molecule has 0 amide bonds. The molecule has 0 aliphatic carbocycles. The largest absolute Gasteiger partial charge is 0.394 e. The average molecular weight is 262 g/mol. The van der Waals surface area contributed by atoms with Crippen molar-refractivity contribution in [3.63, 3.8) is 0 Å². The molecule has 0 aliphatic heterocycles. The lowest BCUT2D eigenvalue weighted by Crippen LogP contribution is -2.21. The zero-order valence-electron chi connectivity index (χ0n) is 9.86. The first kappa shape index (κ1) is 13.1. The third-order valence-corrected chi connectivity index (χ3v) is 2.53. The zero-order chi connectivity index (χ0) is 13.8. The minimum Gasteiger partial charge on any atom is -0.394 e. The highest BCUT2D eigenvalue weighted by molar-refractivity contribution is 5.64. The maximum absolute atomic E-state index is 13.2. The summed E-state index contributed by atoms with van der Waals surface area (Å²) in [6.07, 6.45) is -1.03. The maximum Gasteiger partial charge on any atom is 0.190 e. The Balaban J connectivity index is 2.48. The maximum atomic E-state index is 13.2. The molecule has 0 bridgehead atoms. The number of aliphatic hydroxyl groups excluding tert-OH is 2. The first-order valence-electron chi connectivity index (χ1n) is 5.54. The second-order valence-electron chi connectivity index (χ2n) is 3.93. The molecular formula is C12H11FN4O2. The van der Waals surface area contributed by atoms with Crippen LogP contribution in [-0.4, -0.2) is 37.9 Å². The van der Waals surface area contributed by atoms with Gasteiger partial charge in [-0.15, -0.1) is 5.10 Å². The SMILES string of the molecule is N#Cc1nnn(CC(O)CO)c1-c1cccc(F)c1. The highest BCUT2D eigenvalue weighted by Gasteiger charge is 2.17. The van der Waals surface area contributed by atoms with Crippen LogP contribution in [0.1, 0.15) is 5.69 Å². The van der Waals surface area contributed by atoms with Gasteiger partial charge in [-0.2, -0.15) is 5.26 Å². The fourth-order valence-corrected chi connectivity index (χ4v) is 1.70. The summed E-state index contributed by atoms with van der Waals surface area (Å²) in [4.78, 5) is 0. The molecular weight excluding hydrogens is 251 g/mol. The molecule has 1 unspecified atom stereocenters. The van der Waals surface area contributed by atoms with Crippen LogP contribution in [0, 0.1) is 17.1 Å². The Kier molecular flexibility index (Phi) is 3.85. The van der Waals surface area contributed by atoms with E-state index < -0.39 is 18.5 Å². The predicted octanol–water partition coefficient (Wildman–Crippen LogP) is 0.309. The van der Waals surface area contributed by atoms with Crippen LogP contribution in [0.5, 0.6) is 0 Å². The fraction of sp³-hybridized carbons (Fsp3) is 0.250. The van der Waals surface area contributed by atoms with Crippen LogP contribution in [0.3, 0.4) is 0 Å². The molecule has 1 aromatic carbocycles. The van der Waals surface area contributed by atoms with Gasteiger partial charge in [0, 0.05) is 5.56 Å². The molecule has 0 saturated carbocycles. The van der Waals surface area contributed by atoms with Gasteiger partial charge in [0.2, 0.25) is 0 Å². The van der Waals surface area contributed by atoms with Crippen LogP contribution in [0.4, 0.5) is 4.39 Å². The molecule has 0 spiro atoms. The van der Waals surface area contributed by atoms with Gasteiger partial charge in [-0.1, -0.05) is 17.3 Å². The lowest BCUT2D eigenvalue weighted by atomic mass is 10.1. The molecule has 2 aromatic rings. The van der Waals surface area contributed by atoms with E-state index in [1.165, 1.54) is 22.9 Å². The van der Waals surface area contributed by atoms with Crippen molar-refractivity contribution in [2.45, 2.75) is 12.6 Å². The number of hydrogen-bond donors (Lipinski definition) is 2. The number of aliphatic hydroxyl groups is 2. The first-order valence-corrected chi connectivity index (χ1v) is 5.54. The van der Waals surface area contributed by atoms with E-state index in [0.29, 0.717) is 11.3 Å². The van der Waals surface area contributed by atoms with Crippen LogP contribution in [0.2, 0.25) is 0 Å². The van der Waals surface area contributed by atoms with Gasteiger partial charge in [0.15, 0.2) is 5.69 Å². The summed E-state index contributed by atoms with van der Waals surface area (Å²) in [6, 6.07) is 7.52. The minimum absolute atomic E-state index is 0.0307. The van der Waals surface area contributed by atoms with E-state index >= 15 is 0 Å². The van der Waals surface area contributed by atoms with Gasteiger partial charge < -0.3 is 10.2 Å². The lowest BCUT2D eigenvalue weighted by Gasteiger charge is -2.10. The van der Waals surface area contributed by atoms with Crippen LogP contribution < -0.4 is 0 Å². The van der Waals surface area contributed by atoms with Gasteiger partial charge >= 0.3 is 0 Å². The van der Waals surface area contributed by atoms with Crippen molar-refractivity contribution in [2.75, 3.05) is 6.61 Å². The Morgan fingerprint density at radius 1 is 1.47 bits per heavy atom. The third-order valence-electron chi connectivity index (χ3n) is 2.53. The molecule has 1 aromatic heterocycles. The zero-order valence-corrected chi connectivity index (χ0v) is 9.86. The molecule has 6 nitrogen and oxygen atoms in total. The minimum atomic E-state index is -1.03. The monoisotopic (exact) mass is 262 g/mol. The standard InChI is InChI=1S/C12H11FN4O2/c13-9-3-1-2-8(4-9)12-11(5-14)15-16-17(12)6-10(19)7-18/h1-4,10,18-19H,6-7H2. The van der Waals surface area contributed by atoms with Crippen LogP contribution in [-0.2, 0) is 6.54 Å². The Bertz CT molecular complexity index is 620. The van der Waals surface area contributed by atoms with E-state index in [1.807, 2.05) is 6.07 Å². The molecule has 0 saturated heterocycles. The third kappa shape index (κ3) is 2.76. The predicted molar refractivity (Wildman–Crippen MR) is 63.2 cm³/mol. The summed E-state index contributed by atoms with van der Waals surface area (Å²) >= 11 is 0. The summed E-state index contributed by atoms with van der Waals surface area (Å²) in [5.41, 5.74) is 0.789. The van der Waals surface area contributed by atoms with Crippen molar-refractivity contribution in [3.8, 4) is 17.3 Å². The summed E-state index contributed by atoms with van der Waals surface area (Å²) in [5.74, 6) is -0.447. The van der Waals surface area contributed by atoms with Crippen molar-refractivity contribution in [3.05, 3.63) is 35.8 Å². The Hall–Kier alpha value is -2.30. The highest BCUT2D eigenvalue weighted by atomic mass is 19.1. The highest BCUT2D eigenvalue weighted by Crippen LogP contribution is 2.22. The van der Waals surface area contributed by atoms with Crippen molar-refractivity contribution < 1.29 is 14.6 Å². The lowest BCUT2D eigenvalue weighted by molar-refractivity contribution is 0.0782. The number of hydrogen-bond acceptors (Lipinski definition) is 5. The summed E-state index contributed by atoms with van der Waals surface area (Å²) < 4.78 is 14.5. The number of nitrogens with zero attached hydrogens (tertiary/aromatic N) is 4. The van der Waals surface area contributed by atoms with Crippen molar-refractivity contribution in [1.29, 1.82) is 5.26 Å². The van der Waals surface area contributed by atoms with Gasteiger partial charge in [0.05, 0.1) is 19.3 Å². The summed E-state index contributed by atoms with van der Waals surface area (Å²) in [6.45, 7) is -0.471. The molecule has 0 radical (unpaired) electrons. The molecule has 7 heteroatoms. The van der Waals surface area contributed by atoms with Crippen molar-refractivity contribution in [1.82, 2.24) is 15.0 Å². The van der Waals surface area contributed by atoms with Gasteiger partial charge in [-0.25, -0.2) is 9.07 Å². The Morgan fingerprint density at radius 2 is 2.26 bits per heavy atom. The van der Waals surface area contributed by atoms with E-state index in [2.05, 4.69) is 10.3 Å². The first-order chi connectivity index (χ1) is 9.15. The van der Waals surface area contributed by atoms with Crippen molar-refractivity contribution >= 4 is 0 Å². The second kappa shape index (κ2) is 5.56. The van der Waals surface area contributed by atoms with Gasteiger partial charge in [0.25, 0.3) is 0 Å². The summed E-state index contributed by atoms with van der Waals surface area (Å²) in [7, 11) is 0. The van der Waals surface area contributed by atoms with Crippen LogP contribution in [0.25, 0.3) is 11.3 Å². The van der Waals surface area contributed by atoms with E-state index in [4.69, 9.17) is 10.4 Å². The molecule has 98 valence electrons. The van der Waals surface area contributed by atoms with Crippen molar-refractivity contribution in [2.24, 2.45) is 0 Å². The van der Waals surface area contributed by atoms with E-state index in [-0.39, 0.29) is 12.2 Å². The molecule has 2 N–H and O–H groups in total. The number of nitriles is 1. The molecule has 0 aliphatic rings. The summed E-state index contributed by atoms with van der Waals surface area (Å²) in [5, 5.41) is 34.6. The Labute approximate surface area is 108 Å². The van der Waals surface area contributed by atoms with Gasteiger partial charge in [0.1, 0.15) is 17.6 Å². The van der Waals surface area contributed by atoms with Crippen LogP contribution >= 0.6 is 0 Å². The Morgan fingerprint density at radius 3 is 2.89 bits per heavy atom. The van der Waals surface area contributed by atoms with Gasteiger partial charge in [-0.05, 0) is 12.1 Å². The molecule has 1 atom stereocenters. The second-order valence-corrected chi connectivity index (χ2v) is 3.93. The van der Waals surface area contributed by atoms with E-state index in [9.17, 15) is 9.50 Å². The molecule has 1 heterocycles. The van der Waals surface area contributed by atoms with E-state index in [0.717, 1.165) is 0 Å². The average Bonchev–Trinajstić information content (AvgIpc) is 2.81. The van der Waals surface area contributed by atoms with E-state index in [1.54, 1.807) is 6.07 Å². The number of aromatic nitrogens is 3. The number of rotatable bonds is 4. The smallest absolute Gasteiger partial charge is 0.190 e. The topological polar surface area (TPSA) is 95.0 Å². The quantitative estimate of drug-likeness (QED) is 0.826. The van der Waals surface area contributed by atoms with Crippen LogP contribution in [0.15, 0.2) is 24.3 Å².